The van der Waals surface area contributed by atoms with Crippen molar-refractivity contribution in [1.82, 2.24) is 0 Å². The van der Waals surface area contributed by atoms with E-state index in [9.17, 15) is 18.0 Å². The molecule has 1 aromatic carbocycles. The summed E-state index contributed by atoms with van der Waals surface area (Å²) in [5, 5.41) is 0. The standard InChI is InChI=1S/C12H13F3O5/c1-17-7-10(11(16)18-2)19-8-3-5-9(6-4-8)20-12(13,14)15/h3-6,10H,7H2,1-2H3. The second-order valence-electron chi connectivity index (χ2n) is 3.60. The van der Waals surface area contributed by atoms with Crippen LogP contribution in [0.25, 0.3) is 0 Å². The van der Waals surface area contributed by atoms with Crippen LogP contribution >= 0.6 is 0 Å². The summed E-state index contributed by atoms with van der Waals surface area (Å²) < 4.78 is 54.2. The van der Waals surface area contributed by atoms with Crippen molar-refractivity contribution in [3.8, 4) is 11.5 Å². The van der Waals surface area contributed by atoms with Crippen molar-refractivity contribution in [2.75, 3.05) is 20.8 Å². The predicted octanol–water partition coefficient (Wildman–Crippen LogP) is 2.15. The number of carbonyl (C=O) groups excluding carboxylic acids is 1. The monoisotopic (exact) mass is 294 g/mol. The first-order valence-electron chi connectivity index (χ1n) is 5.45. The molecule has 1 atom stereocenters. The van der Waals surface area contributed by atoms with Crippen molar-refractivity contribution in [3.63, 3.8) is 0 Å². The minimum Gasteiger partial charge on any atom is -0.476 e. The van der Waals surface area contributed by atoms with Crippen molar-refractivity contribution >= 4 is 5.97 Å². The molecule has 5 nitrogen and oxygen atoms in total. The Bertz CT molecular complexity index is 430. The third kappa shape index (κ3) is 5.35. The molecule has 0 spiro atoms. The van der Waals surface area contributed by atoms with E-state index in [1.807, 2.05) is 0 Å². The lowest BCUT2D eigenvalue weighted by molar-refractivity contribution is -0.274. The molecule has 0 aliphatic rings. The van der Waals surface area contributed by atoms with Crippen LogP contribution in [0.4, 0.5) is 13.2 Å². The van der Waals surface area contributed by atoms with Gasteiger partial charge in [0.15, 0.2) is 0 Å². The van der Waals surface area contributed by atoms with E-state index in [1.165, 1.54) is 26.4 Å². The Morgan fingerprint density at radius 2 is 1.70 bits per heavy atom. The number of halogens is 3. The van der Waals surface area contributed by atoms with Gasteiger partial charge >= 0.3 is 12.3 Å². The fourth-order valence-electron chi connectivity index (χ4n) is 1.32. The van der Waals surface area contributed by atoms with Gasteiger partial charge in [-0.3, -0.25) is 0 Å². The van der Waals surface area contributed by atoms with Crippen LogP contribution in [0.2, 0.25) is 0 Å². The van der Waals surface area contributed by atoms with Gasteiger partial charge in [-0.25, -0.2) is 4.79 Å². The van der Waals surface area contributed by atoms with Crippen LogP contribution in [0.5, 0.6) is 11.5 Å². The Morgan fingerprint density at radius 3 is 2.15 bits per heavy atom. The van der Waals surface area contributed by atoms with Gasteiger partial charge in [0.05, 0.1) is 13.7 Å². The lowest BCUT2D eigenvalue weighted by Gasteiger charge is -2.16. The molecule has 0 saturated carbocycles. The van der Waals surface area contributed by atoms with Crippen molar-refractivity contribution < 1.29 is 36.9 Å². The maximum Gasteiger partial charge on any atom is 0.573 e. The third-order valence-electron chi connectivity index (χ3n) is 2.12. The largest absolute Gasteiger partial charge is 0.573 e. The number of hydrogen-bond donors (Lipinski definition) is 0. The topological polar surface area (TPSA) is 54.0 Å². The van der Waals surface area contributed by atoms with E-state index in [4.69, 9.17) is 9.47 Å². The number of rotatable bonds is 6. The Hall–Kier alpha value is -1.96. The van der Waals surface area contributed by atoms with E-state index >= 15 is 0 Å². The molecule has 0 bridgehead atoms. The van der Waals surface area contributed by atoms with Crippen LogP contribution in [0.3, 0.4) is 0 Å². The highest BCUT2D eigenvalue weighted by molar-refractivity contribution is 5.75. The van der Waals surface area contributed by atoms with E-state index in [0.717, 1.165) is 12.1 Å². The quantitative estimate of drug-likeness (QED) is 0.752. The summed E-state index contributed by atoms with van der Waals surface area (Å²) in [7, 11) is 2.56. The van der Waals surface area contributed by atoms with E-state index in [0.29, 0.717) is 0 Å². The number of methoxy groups -OCH3 is 2. The van der Waals surface area contributed by atoms with Gasteiger partial charge in [0.25, 0.3) is 0 Å². The highest BCUT2D eigenvalue weighted by Gasteiger charge is 2.31. The summed E-state index contributed by atoms with van der Waals surface area (Å²) >= 11 is 0. The zero-order chi connectivity index (χ0) is 15.2. The van der Waals surface area contributed by atoms with Gasteiger partial charge in [0.2, 0.25) is 6.10 Å². The van der Waals surface area contributed by atoms with Gasteiger partial charge < -0.3 is 18.9 Å². The number of esters is 1. The van der Waals surface area contributed by atoms with Crippen molar-refractivity contribution in [2.24, 2.45) is 0 Å². The maximum absolute atomic E-state index is 12.0. The minimum absolute atomic E-state index is 0.0481. The molecule has 0 saturated heterocycles. The minimum atomic E-state index is -4.76. The maximum atomic E-state index is 12.0. The van der Waals surface area contributed by atoms with Crippen LogP contribution in [0.15, 0.2) is 24.3 Å². The molecule has 0 aromatic heterocycles. The first-order valence-corrected chi connectivity index (χ1v) is 5.45. The molecule has 1 unspecified atom stereocenters. The number of ether oxygens (including phenoxy) is 4. The van der Waals surface area contributed by atoms with Gasteiger partial charge in [-0.15, -0.1) is 13.2 Å². The third-order valence-corrected chi connectivity index (χ3v) is 2.12. The molecule has 112 valence electrons. The molecule has 0 fully saturated rings. The van der Waals surface area contributed by atoms with E-state index in [2.05, 4.69) is 9.47 Å². The molecule has 1 rings (SSSR count). The molecule has 0 radical (unpaired) electrons. The molecule has 0 amide bonds. The van der Waals surface area contributed by atoms with Gasteiger partial charge in [-0.05, 0) is 24.3 Å². The zero-order valence-corrected chi connectivity index (χ0v) is 10.8. The Morgan fingerprint density at radius 1 is 1.15 bits per heavy atom. The molecular weight excluding hydrogens is 281 g/mol. The lowest BCUT2D eigenvalue weighted by atomic mass is 10.3. The summed E-state index contributed by atoms with van der Waals surface area (Å²) in [6.07, 6.45) is -5.76. The molecule has 0 aliphatic carbocycles. The number of carbonyl (C=O) groups is 1. The van der Waals surface area contributed by atoms with Crippen LogP contribution in [-0.4, -0.2) is 39.3 Å². The highest BCUT2D eigenvalue weighted by atomic mass is 19.4. The second kappa shape index (κ2) is 6.99. The normalized spacial score (nSPS) is 12.7. The van der Waals surface area contributed by atoms with Gasteiger partial charge in [-0.1, -0.05) is 0 Å². The van der Waals surface area contributed by atoms with E-state index in [-0.39, 0.29) is 18.1 Å². The van der Waals surface area contributed by atoms with E-state index in [1.54, 1.807) is 0 Å². The average Bonchev–Trinajstić information content (AvgIpc) is 2.38. The fourth-order valence-corrected chi connectivity index (χ4v) is 1.32. The molecule has 8 heteroatoms. The summed E-state index contributed by atoms with van der Waals surface area (Å²) in [6.45, 7) is -0.0481. The summed E-state index contributed by atoms with van der Waals surface area (Å²) in [5.41, 5.74) is 0. The smallest absolute Gasteiger partial charge is 0.476 e. The molecule has 0 N–H and O–H groups in total. The Balaban J connectivity index is 2.70. The highest BCUT2D eigenvalue weighted by Crippen LogP contribution is 2.25. The van der Waals surface area contributed by atoms with E-state index < -0.39 is 18.4 Å². The van der Waals surface area contributed by atoms with Crippen LogP contribution in [0, 0.1) is 0 Å². The van der Waals surface area contributed by atoms with Gasteiger partial charge in [0, 0.05) is 7.11 Å². The molecule has 0 aliphatic heterocycles. The number of hydrogen-bond acceptors (Lipinski definition) is 5. The average molecular weight is 294 g/mol. The number of alkyl halides is 3. The molecular formula is C12H13F3O5. The zero-order valence-electron chi connectivity index (χ0n) is 10.8. The van der Waals surface area contributed by atoms with Crippen molar-refractivity contribution in [1.29, 1.82) is 0 Å². The van der Waals surface area contributed by atoms with Crippen LogP contribution < -0.4 is 9.47 Å². The number of benzene rings is 1. The first-order chi connectivity index (χ1) is 9.35. The van der Waals surface area contributed by atoms with Crippen LogP contribution in [-0.2, 0) is 14.3 Å². The van der Waals surface area contributed by atoms with Crippen LogP contribution in [0.1, 0.15) is 0 Å². The van der Waals surface area contributed by atoms with Gasteiger partial charge in [0.1, 0.15) is 11.5 Å². The summed E-state index contributed by atoms with van der Waals surface area (Å²) in [5.74, 6) is -0.847. The Labute approximate surface area is 113 Å². The first kappa shape index (κ1) is 16.1. The lowest BCUT2D eigenvalue weighted by Crippen LogP contribution is -2.32. The Kier molecular flexibility index (Phi) is 5.63. The second-order valence-corrected chi connectivity index (χ2v) is 3.60. The SMILES string of the molecule is COCC(Oc1ccc(OC(F)(F)F)cc1)C(=O)OC. The summed E-state index contributed by atoms with van der Waals surface area (Å²) in [6, 6.07) is 4.63. The van der Waals surface area contributed by atoms with Crippen molar-refractivity contribution in [2.45, 2.75) is 12.5 Å². The van der Waals surface area contributed by atoms with Gasteiger partial charge in [-0.2, -0.15) is 0 Å². The fraction of sp³-hybridized carbons (Fsp3) is 0.417. The molecule has 20 heavy (non-hydrogen) atoms. The predicted molar refractivity (Wildman–Crippen MR) is 61.4 cm³/mol. The van der Waals surface area contributed by atoms with Crippen molar-refractivity contribution in [3.05, 3.63) is 24.3 Å². The summed E-state index contributed by atoms with van der Waals surface area (Å²) in [4.78, 5) is 11.4. The molecule has 0 heterocycles. The molecule has 1 aromatic rings.